The molecule has 246 valence electrons. The minimum atomic E-state index is -0.383. The molecular weight excluding hydrogens is 615 g/mol. The topological polar surface area (TPSA) is 37.9 Å². The smallest absolute Gasteiger partial charge is 0.403 e. The molecule has 0 unspecified atom stereocenters. The van der Waals surface area contributed by atoms with Crippen molar-refractivity contribution in [2.75, 3.05) is 7.11 Å². The lowest BCUT2D eigenvalue weighted by molar-refractivity contribution is -0.683. The molecule has 0 fully saturated rings. The van der Waals surface area contributed by atoms with Gasteiger partial charge in [-0.3, -0.25) is 0 Å². The molecule has 0 bridgehead atoms. The molecule has 0 aliphatic heterocycles. The van der Waals surface area contributed by atoms with Crippen LogP contribution in [-0.4, -0.2) is 13.1 Å². The maximum Gasteiger partial charge on any atom is 0.403 e. The summed E-state index contributed by atoms with van der Waals surface area (Å²) >= 11 is 0. The molecule has 50 heavy (non-hydrogen) atoms. The van der Waals surface area contributed by atoms with Gasteiger partial charge in [-0.05, 0) is 73.2 Å². The van der Waals surface area contributed by atoms with Gasteiger partial charge in [-0.25, -0.2) is 9.36 Å². The first-order valence-corrected chi connectivity index (χ1v) is 17.2. The van der Waals surface area contributed by atoms with Crippen molar-refractivity contribution in [1.82, 2.24) is 0 Å². The van der Waals surface area contributed by atoms with E-state index in [-0.39, 0.29) is 5.97 Å². The van der Waals surface area contributed by atoms with Gasteiger partial charge in [-0.2, -0.15) is 9.13 Å². The third-order valence-corrected chi connectivity index (χ3v) is 9.72. The van der Waals surface area contributed by atoms with Crippen LogP contribution in [0.25, 0.3) is 55.7 Å². The second kappa shape index (κ2) is 13.9. The summed E-state index contributed by atoms with van der Waals surface area (Å²) < 4.78 is 12.2. The zero-order valence-corrected chi connectivity index (χ0v) is 29.4. The SMILES string of the molecule is CC[n+]1ccc2ccccc2c1-c1cccc(-c2cccc[n+]2C)c1C[n+]1c(C(=O)OC)cc(-c2ccc(C)cc2)cc1-c1ccccc1C. The fourth-order valence-corrected chi connectivity index (χ4v) is 7.06. The van der Waals surface area contributed by atoms with Crippen molar-refractivity contribution in [3.63, 3.8) is 0 Å². The number of aryl methyl sites for hydroxylation is 4. The maximum absolute atomic E-state index is 13.9. The first-order valence-electron chi connectivity index (χ1n) is 17.2. The number of nitrogens with zero attached hydrogens (tertiary/aromatic N) is 3. The highest BCUT2D eigenvalue weighted by molar-refractivity contribution is 5.94. The summed E-state index contributed by atoms with van der Waals surface area (Å²) in [6, 6.07) is 44.7. The van der Waals surface area contributed by atoms with Gasteiger partial charge < -0.3 is 4.74 Å². The highest BCUT2D eigenvalue weighted by atomic mass is 16.5. The first kappa shape index (κ1) is 32.6. The average Bonchev–Trinajstić information content (AvgIpc) is 3.15. The van der Waals surface area contributed by atoms with E-state index in [1.807, 2.05) is 12.1 Å². The molecule has 0 aliphatic carbocycles. The first-order chi connectivity index (χ1) is 24.4. The summed E-state index contributed by atoms with van der Waals surface area (Å²) in [5, 5.41) is 2.36. The van der Waals surface area contributed by atoms with Crippen molar-refractivity contribution in [3.8, 4) is 44.9 Å². The van der Waals surface area contributed by atoms with Crippen LogP contribution in [0.15, 0.2) is 140 Å². The second-order valence-corrected chi connectivity index (χ2v) is 12.8. The Morgan fingerprint density at radius 3 is 2.16 bits per heavy atom. The fourth-order valence-electron chi connectivity index (χ4n) is 7.06. The van der Waals surface area contributed by atoms with Crippen molar-refractivity contribution in [2.24, 2.45) is 7.05 Å². The van der Waals surface area contributed by atoms with Gasteiger partial charge >= 0.3 is 5.97 Å². The molecule has 4 aromatic carbocycles. The van der Waals surface area contributed by atoms with Gasteiger partial charge in [-0.15, -0.1) is 0 Å². The molecule has 0 N–H and O–H groups in total. The predicted octanol–water partition coefficient (Wildman–Crippen LogP) is 8.38. The number of esters is 1. The number of rotatable bonds is 8. The monoisotopic (exact) mass is 656 g/mol. The van der Waals surface area contributed by atoms with E-state index in [2.05, 4.69) is 169 Å². The molecule has 0 radical (unpaired) electrons. The lowest BCUT2D eigenvalue weighted by atomic mass is 9.92. The number of hydrogen-bond acceptors (Lipinski definition) is 2. The van der Waals surface area contributed by atoms with Gasteiger partial charge in [0.2, 0.25) is 17.1 Å². The lowest BCUT2D eigenvalue weighted by Gasteiger charge is -2.17. The molecule has 3 heterocycles. The summed E-state index contributed by atoms with van der Waals surface area (Å²) in [4.78, 5) is 13.9. The molecule has 0 amide bonds. The standard InChI is InChI=1S/C45H42N3O2/c1-6-47-27-25-34-15-8-10-17-37(34)44(47)39-19-13-18-38(41-20-11-12-26-46(41)4)40(39)30-48-42(36-16-9-7-14-32(36)3)28-35(29-43(48)45(49)50-5)33-23-21-31(2)22-24-33/h7-29H,6,30H2,1-5H3/q+3. The van der Waals surface area contributed by atoms with Gasteiger partial charge in [0.15, 0.2) is 18.9 Å². The molecule has 0 saturated heterocycles. The van der Waals surface area contributed by atoms with Gasteiger partial charge in [-0.1, -0.05) is 72.3 Å². The Morgan fingerprint density at radius 2 is 1.40 bits per heavy atom. The van der Waals surface area contributed by atoms with Crippen LogP contribution in [0.4, 0.5) is 0 Å². The van der Waals surface area contributed by atoms with Crippen molar-refractivity contribution >= 4 is 16.7 Å². The minimum absolute atomic E-state index is 0.383. The Bertz CT molecular complexity index is 2380. The predicted molar refractivity (Wildman–Crippen MR) is 199 cm³/mol. The molecular formula is C45H42N3O2+3. The highest BCUT2D eigenvalue weighted by Crippen LogP contribution is 2.35. The normalized spacial score (nSPS) is 11.1. The third-order valence-electron chi connectivity index (χ3n) is 9.72. The number of benzene rings is 4. The fraction of sp³-hybridized carbons (Fsp3) is 0.156. The maximum atomic E-state index is 13.9. The number of ether oxygens (including phenoxy) is 1. The van der Waals surface area contributed by atoms with Crippen molar-refractivity contribution in [1.29, 1.82) is 0 Å². The Morgan fingerprint density at radius 1 is 0.680 bits per heavy atom. The number of carbonyl (C=O) groups is 1. The summed E-state index contributed by atoms with van der Waals surface area (Å²) in [6.45, 7) is 7.63. The van der Waals surface area contributed by atoms with E-state index in [1.54, 1.807) is 0 Å². The largest absolute Gasteiger partial charge is 0.461 e. The van der Waals surface area contributed by atoms with Crippen molar-refractivity contribution < 1.29 is 23.2 Å². The molecule has 7 rings (SSSR count). The molecule has 0 spiro atoms. The van der Waals surface area contributed by atoms with E-state index in [9.17, 15) is 4.79 Å². The summed E-state index contributed by atoms with van der Waals surface area (Å²) in [7, 11) is 3.54. The Kier molecular flexibility index (Phi) is 9.05. The molecule has 0 saturated carbocycles. The van der Waals surface area contributed by atoms with Gasteiger partial charge in [0, 0.05) is 41.5 Å². The molecule has 3 aromatic heterocycles. The van der Waals surface area contributed by atoms with Crippen LogP contribution in [-0.2, 0) is 24.9 Å². The van der Waals surface area contributed by atoms with E-state index >= 15 is 0 Å². The van der Waals surface area contributed by atoms with Crippen LogP contribution in [0.1, 0.15) is 34.1 Å². The number of aromatic nitrogens is 3. The minimum Gasteiger partial charge on any atom is -0.461 e. The average molecular weight is 657 g/mol. The molecule has 0 atom stereocenters. The molecule has 7 aromatic rings. The number of fused-ring (bicyclic) bond motifs is 1. The Balaban J connectivity index is 1.58. The third kappa shape index (κ3) is 6.07. The van der Waals surface area contributed by atoms with Gasteiger partial charge in [0.1, 0.15) is 13.6 Å². The number of hydrogen-bond donors (Lipinski definition) is 0. The quantitative estimate of drug-likeness (QED) is 0.122. The van der Waals surface area contributed by atoms with Crippen LogP contribution in [0.3, 0.4) is 0 Å². The summed E-state index contributed by atoms with van der Waals surface area (Å²) in [5.41, 5.74) is 12.4. The van der Waals surface area contributed by atoms with E-state index in [1.165, 1.54) is 23.4 Å². The van der Waals surface area contributed by atoms with Gasteiger partial charge in [0.05, 0.1) is 23.6 Å². The van der Waals surface area contributed by atoms with Crippen LogP contribution < -0.4 is 13.7 Å². The summed E-state index contributed by atoms with van der Waals surface area (Å²) in [6.07, 6.45) is 4.26. The van der Waals surface area contributed by atoms with Crippen molar-refractivity contribution in [2.45, 2.75) is 33.9 Å². The van der Waals surface area contributed by atoms with Crippen molar-refractivity contribution in [3.05, 3.63) is 162 Å². The van der Waals surface area contributed by atoms with E-state index in [0.717, 1.165) is 62.6 Å². The van der Waals surface area contributed by atoms with Crippen LogP contribution in [0, 0.1) is 13.8 Å². The van der Waals surface area contributed by atoms with Crippen LogP contribution in [0.5, 0.6) is 0 Å². The summed E-state index contributed by atoms with van der Waals surface area (Å²) in [5.74, 6) is -0.383. The molecule has 0 aliphatic rings. The number of methoxy groups -OCH3 is 1. The van der Waals surface area contributed by atoms with Gasteiger partial charge in [0.25, 0.3) is 5.69 Å². The molecule has 5 nitrogen and oxygen atoms in total. The number of pyridine rings is 3. The zero-order valence-electron chi connectivity index (χ0n) is 29.4. The Labute approximate surface area is 294 Å². The zero-order chi connectivity index (χ0) is 34.8. The Hall–Kier alpha value is -5.94. The highest BCUT2D eigenvalue weighted by Gasteiger charge is 2.32. The van der Waals surface area contributed by atoms with Crippen LogP contribution in [0.2, 0.25) is 0 Å². The van der Waals surface area contributed by atoms with Crippen LogP contribution >= 0.6 is 0 Å². The second-order valence-electron chi connectivity index (χ2n) is 12.8. The van der Waals surface area contributed by atoms with E-state index < -0.39 is 0 Å². The molecule has 5 heteroatoms. The number of carbonyl (C=O) groups excluding carboxylic acids is 1. The van der Waals surface area contributed by atoms with E-state index in [4.69, 9.17) is 4.74 Å². The van der Waals surface area contributed by atoms with E-state index in [0.29, 0.717) is 12.2 Å². The lowest BCUT2D eigenvalue weighted by Crippen LogP contribution is -2.44.